The fraction of sp³-hybridized carbons (Fsp3) is 0.308. The summed E-state index contributed by atoms with van der Waals surface area (Å²) in [5.41, 5.74) is 4.44. The van der Waals surface area contributed by atoms with Crippen LogP contribution >= 0.6 is 23.2 Å². The van der Waals surface area contributed by atoms with Crippen molar-refractivity contribution in [3.8, 4) is 17.1 Å². The molecule has 4 atom stereocenters. The standard InChI is InChI=1S/C39H39Cl2N7O4/c1-38(2,3)19-32-39(21-48(30-15-13-25(40)18-27(30)39)20-22-8-7-9-23(16-22)35-44-46-47-45-35)33(26-10-5-6-11-28(26)41)34(43-32)36(49)42-29-14-12-24(37(50)51)17-31(29)52-4/h5-18,32-34,43H,19-21H2,1-4H3,(H,42,49)(H,50,51)(H,44,45,46,47)/t32-,33-,34+,39-/m0/s1. The quantitative estimate of drug-likeness (QED) is 0.122. The Bertz CT molecular complexity index is 2140. The molecule has 1 aromatic heterocycles. The van der Waals surface area contributed by atoms with Gasteiger partial charge in [-0.15, -0.1) is 10.2 Å². The number of fused-ring (bicyclic) bond motifs is 2. The Balaban J connectivity index is 1.36. The first-order valence-electron chi connectivity index (χ1n) is 17.0. The maximum Gasteiger partial charge on any atom is 0.335 e. The average molecular weight is 741 g/mol. The molecule has 52 heavy (non-hydrogen) atoms. The molecule has 2 aliphatic rings. The number of anilines is 2. The summed E-state index contributed by atoms with van der Waals surface area (Å²) in [5.74, 6) is -1.07. The molecular formula is C39H39Cl2N7O4. The van der Waals surface area contributed by atoms with Gasteiger partial charge in [-0.2, -0.15) is 5.21 Å². The zero-order valence-electron chi connectivity index (χ0n) is 29.2. The molecule has 3 heterocycles. The molecule has 13 heteroatoms. The third-order valence-corrected chi connectivity index (χ3v) is 10.7. The van der Waals surface area contributed by atoms with E-state index in [9.17, 15) is 14.7 Å². The molecule has 0 radical (unpaired) electrons. The highest BCUT2D eigenvalue weighted by molar-refractivity contribution is 6.31. The molecule has 1 fully saturated rings. The van der Waals surface area contributed by atoms with Gasteiger partial charge < -0.3 is 25.4 Å². The maximum atomic E-state index is 14.7. The molecule has 2 aliphatic heterocycles. The lowest BCUT2D eigenvalue weighted by Crippen LogP contribution is -2.48. The average Bonchev–Trinajstić information content (AvgIpc) is 3.83. The highest BCUT2D eigenvalue weighted by Crippen LogP contribution is 2.59. The summed E-state index contributed by atoms with van der Waals surface area (Å²) in [5, 5.41) is 32.2. The Morgan fingerprint density at radius 2 is 1.85 bits per heavy atom. The number of carbonyl (C=O) groups is 2. The summed E-state index contributed by atoms with van der Waals surface area (Å²) in [4.78, 5) is 28.7. The molecule has 0 saturated carbocycles. The summed E-state index contributed by atoms with van der Waals surface area (Å²) in [7, 11) is 1.44. The van der Waals surface area contributed by atoms with Gasteiger partial charge in [-0.1, -0.05) is 80.4 Å². The molecule has 4 aromatic carbocycles. The Hall–Kier alpha value is -4.97. The number of hydrogen-bond donors (Lipinski definition) is 4. The number of carboxylic acids is 1. The van der Waals surface area contributed by atoms with Crippen molar-refractivity contribution in [1.29, 1.82) is 0 Å². The largest absolute Gasteiger partial charge is 0.495 e. The van der Waals surface area contributed by atoms with Crippen LogP contribution in [-0.4, -0.2) is 63.3 Å². The SMILES string of the molecule is COc1cc(C(=O)O)ccc1NC(=O)[C@@H]1N[C@@H](CC(C)(C)C)[C@@]2(CN(Cc3cccc(-c4nn[nH]n4)c3)c3ccc(Cl)cc32)[C@H]1c1ccccc1Cl. The summed E-state index contributed by atoms with van der Waals surface area (Å²) in [6.07, 6.45) is 0.738. The first kappa shape index (κ1) is 35.4. The number of aromatic carboxylic acids is 1. The van der Waals surface area contributed by atoms with Crippen molar-refractivity contribution in [3.63, 3.8) is 0 Å². The number of benzene rings is 4. The van der Waals surface area contributed by atoms with Crippen molar-refractivity contribution < 1.29 is 19.4 Å². The molecule has 11 nitrogen and oxygen atoms in total. The van der Waals surface area contributed by atoms with Gasteiger partial charge in [0, 0.05) is 51.8 Å². The summed E-state index contributed by atoms with van der Waals surface area (Å²) >= 11 is 13.9. The van der Waals surface area contributed by atoms with E-state index in [-0.39, 0.29) is 28.7 Å². The Morgan fingerprint density at radius 3 is 2.56 bits per heavy atom. The normalized spacial score (nSPS) is 21.0. The van der Waals surface area contributed by atoms with Gasteiger partial charge in [0.1, 0.15) is 5.75 Å². The van der Waals surface area contributed by atoms with Gasteiger partial charge in [0.2, 0.25) is 11.7 Å². The van der Waals surface area contributed by atoms with Crippen LogP contribution < -0.4 is 20.3 Å². The fourth-order valence-electron chi connectivity index (χ4n) is 8.04. The van der Waals surface area contributed by atoms with Gasteiger partial charge in [0.25, 0.3) is 0 Å². The molecule has 268 valence electrons. The predicted octanol–water partition coefficient (Wildman–Crippen LogP) is 7.34. The van der Waals surface area contributed by atoms with E-state index in [0.29, 0.717) is 34.6 Å². The van der Waals surface area contributed by atoms with Gasteiger partial charge in [-0.05, 0) is 82.3 Å². The van der Waals surface area contributed by atoms with E-state index in [1.54, 1.807) is 6.07 Å². The van der Waals surface area contributed by atoms with E-state index in [0.717, 1.165) is 34.4 Å². The van der Waals surface area contributed by atoms with Crippen molar-refractivity contribution in [2.75, 3.05) is 23.9 Å². The zero-order chi connectivity index (χ0) is 36.8. The second kappa shape index (κ2) is 13.9. The molecule has 0 unspecified atom stereocenters. The number of nitrogens with one attached hydrogen (secondary N) is 3. The van der Waals surface area contributed by atoms with Crippen LogP contribution in [-0.2, 0) is 16.8 Å². The lowest BCUT2D eigenvalue weighted by Gasteiger charge is -2.40. The third-order valence-electron chi connectivity index (χ3n) is 10.1. The van der Waals surface area contributed by atoms with E-state index < -0.39 is 23.3 Å². The van der Waals surface area contributed by atoms with Crippen LogP contribution in [0, 0.1) is 5.41 Å². The fourth-order valence-corrected chi connectivity index (χ4v) is 8.47. The van der Waals surface area contributed by atoms with Crippen molar-refractivity contribution >= 4 is 46.5 Å². The van der Waals surface area contributed by atoms with Crippen molar-refractivity contribution in [2.24, 2.45) is 5.41 Å². The molecule has 0 aliphatic carbocycles. The number of tetrazole rings is 1. The number of methoxy groups -OCH3 is 1. The number of ether oxygens (including phenoxy) is 1. The highest BCUT2D eigenvalue weighted by Gasteiger charge is 2.62. The molecule has 7 rings (SSSR count). The number of carbonyl (C=O) groups excluding carboxylic acids is 1. The first-order chi connectivity index (χ1) is 24.9. The Morgan fingerprint density at radius 1 is 1.04 bits per heavy atom. The highest BCUT2D eigenvalue weighted by atomic mass is 35.5. The maximum absolute atomic E-state index is 14.7. The van der Waals surface area contributed by atoms with Gasteiger partial charge >= 0.3 is 5.97 Å². The number of nitrogens with zero attached hydrogens (tertiary/aromatic N) is 4. The summed E-state index contributed by atoms with van der Waals surface area (Å²) in [6.45, 7) is 7.74. The molecule has 1 spiro atoms. The monoisotopic (exact) mass is 739 g/mol. The molecule has 1 saturated heterocycles. The minimum atomic E-state index is -1.09. The first-order valence-corrected chi connectivity index (χ1v) is 17.7. The Labute approximate surface area is 311 Å². The van der Waals surface area contributed by atoms with Crippen molar-refractivity contribution in [3.05, 3.63) is 117 Å². The van der Waals surface area contributed by atoms with Crippen LogP contribution in [0.5, 0.6) is 5.75 Å². The number of halogens is 2. The third kappa shape index (κ3) is 6.60. The lowest BCUT2D eigenvalue weighted by atomic mass is 9.63. The number of aromatic amines is 1. The number of aromatic nitrogens is 4. The minimum Gasteiger partial charge on any atom is -0.495 e. The van der Waals surface area contributed by atoms with Gasteiger partial charge in [-0.3, -0.25) is 4.79 Å². The van der Waals surface area contributed by atoms with Gasteiger partial charge in [-0.25, -0.2) is 4.79 Å². The number of carboxylic acid groups (broad SMARTS) is 1. The van der Waals surface area contributed by atoms with E-state index in [4.69, 9.17) is 27.9 Å². The van der Waals surface area contributed by atoms with Crippen LogP contribution in [0.15, 0.2) is 84.9 Å². The zero-order valence-corrected chi connectivity index (χ0v) is 30.7. The molecule has 5 aromatic rings. The van der Waals surface area contributed by atoms with Crippen LogP contribution in [0.2, 0.25) is 10.0 Å². The second-order valence-electron chi connectivity index (χ2n) is 14.7. The van der Waals surface area contributed by atoms with E-state index in [1.165, 1.54) is 19.2 Å². The summed E-state index contributed by atoms with van der Waals surface area (Å²) in [6, 6.07) is 25.3. The summed E-state index contributed by atoms with van der Waals surface area (Å²) < 4.78 is 5.52. The van der Waals surface area contributed by atoms with Gasteiger partial charge in [0.05, 0.1) is 24.4 Å². The van der Waals surface area contributed by atoms with Crippen LogP contribution in [0.3, 0.4) is 0 Å². The molecule has 0 bridgehead atoms. The van der Waals surface area contributed by atoms with Crippen molar-refractivity contribution in [1.82, 2.24) is 25.9 Å². The number of H-pyrrole nitrogens is 1. The number of rotatable bonds is 9. The lowest BCUT2D eigenvalue weighted by molar-refractivity contribution is -0.118. The van der Waals surface area contributed by atoms with E-state index in [1.807, 2.05) is 48.5 Å². The van der Waals surface area contributed by atoms with E-state index in [2.05, 4.69) is 75.1 Å². The number of hydrogen-bond acceptors (Lipinski definition) is 8. The van der Waals surface area contributed by atoms with Crippen LogP contribution in [0.25, 0.3) is 11.4 Å². The van der Waals surface area contributed by atoms with Crippen molar-refractivity contribution in [2.45, 2.75) is 57.2 Å². The molecular weight excluding hydrogens is 701 g/mol. The van der Waals surface area contributed by atoms with Crippen LogP contribution in [0.1, 0.15) is 60.2 Å². The van der Waals surface area contributed by atoms with Gasteiger partial charge in [0.15, 0.2) is 0 Å². The molecule has 4 N–H and O–H groups in total. The minimum absolute atomic E-state index is 0.0503. The second-order valence-corrected chi connectivity index (χ2v) is 15.5. The smallest absolute Gasteiger partial charge is 0.335 e. The topological polar surface area (TPSA) is 145 Å². The predicted molar refractivity (Wildman–Crippen MR) is 201 cm³/mol. The van der Waals surface area contributed by atoms with Crippen LogP contribution in [0.4, 0.5) is 11.4 Å². The number of amides is 1. The molecule has 1 amide bonds. The Kier molecular flexibility index (Phi) is 9.45. The van der Waals surface area contributed by atoms with E-state index >= 15 is 0 Å².